The van der Waals surface area contributed by atoms with Crippen molar-refractivity contribution in [2.24, 2.45) is 0 Å². The monoisotopic (exact) mass is 486 g/mol. The number of nitrogens with zero attached hydrogens (tertiary/aromatic N) is 2. The zero-order valence-corrected chi connectivity index (χ0v) is 19.9. The van der Waals surface area contributed by atoms with Gasteiger partial charge in [-0.15, -0.1) is 0 Å². The van der Waals surface area contributed by atoms with E-state index in [4.69, 9.17) is 25.8 Å². The number of amides is 1. The van der Waals surface area contributed by atoms with Crippen molar-refractivity contribution in [3.05, 3.63) is 64.2 Å². The first-order valence-electron chi connectivity index (χ1n) is 11.0. The Morgan fingerprint density at radius 3 is 2.44 bits per heavy atom. The molecule has 2 aliphatic heterocycles. The Labute approximate surface area is 203 Å². The smallest absolute Gasteiger partial charge is 0.295 e. The largest absolute Gasteiger partial charge is 0.507 e. The zero-order chi connectivity index (χ0) is 24.2. The minimum atomic E-state index is -0.807. The van der Waals surface area contributed by atoms with Crippen LogP contribution in [0, 0.1) is 0 Å². The van der Waals surface area contributed by atoms with Crippen molar-refractivity contribution in [2.75, 3.05) is 53.6 Å². The van der Waals surface area contributed by atoms with Crippen LogP contribution in [0.3, 0.4) is 0 Å². The third-order valence-electron chi connectivity index (χ3n) is 6.16. The Kier molecular flexibility index (Phi) is 7.41. The molecule has 0 aromatic heterocycles. The third kappa shape index (κ3) is 4.61. The molecule has 1 atom stereocenters. The predicted octanol–water partition coefficient (Wildman–Crippen LogP) is 3.11. The van der Waals surface area contributed by atoms with Gasteiger partial charge >= 0.3 is 0 Å². The highest BCUT2D eigenvalue weighted by Crippen LogP contribution is 2.43. The highest BCUT2D eigenvalue weighted by atomic mass is 35.5. The summed E-state index contributed by atoms with van der Waals surface area (Å²) in [5.41, 5.74) is 0.932. The quantitative estimate of drug-likeness (QED) is 0.365. The van der Waals surface area contributed by atoms with Gasteiger partial charge in [-0.1, -0.05) is 29.8 Å². The Balaban J connectivity index is 1.78. The van der Waals surface area contributed by atoms with Crippen molar-refractivity contribution in [2.45, 2.75) is 6.04 Å². The van der Waals surface area contributed by atoms with Gasteiger partial charge < -0.3 is 24.2 Å². The average molecular weight is 487 g/mol. The molecule has 2 saturated heterocycles. The number of likely N-dealkylation sites (tertiary alicyclic amines) is 1. The standard InChI is InChI=1S/C25H27ClN2O6/c1-32-19-6-4-3-5-17(19)22-21(23(29)16-7-8-20(33-2)18(26)15-16)24(30)25(31)28(22)10-9-27-11-13-34-14-12-27/h3-8,15,22,29H,9-14H2,1-2H3/b23-21-. The van der Waals surface area contributed by atoms with Crippen molar-refractivity contribution in [3.63, 3.8) is 0 Å². The Hall–Kier alpha value is -3.07. The maximum atomic E-state index is 13.2. The topological polar surface area (TPSA) is 88.5 Å². The minimum absolute atomic E-state index is 0.00212. The number of halogens is 1. The molecule has 8 nitrogen and oxygen atoms in total. The SMILES string of the molecule is COc1ccc(/C(O)=C2/C(=O)C(=O)N(CCN3CCOCC3)C2c2ccccc2OC)cc1Cl. The lowest BCUT2D eigenvalue weighted by molar-refractivity contribution is -0.140. The highest BCUT2D eigenvalue weighted by Gasteiger charge is 2.47. The van der Waals surface area contributed by atoms with Crippen molar-refractivity contribution in [3.8, 4) is 11.5 Å². The first kappa shape index (κ1) is 24.1. The predicted molar refractivity (Wildman–Crippen MR) is 127 cm³/mol. The van der Waals surface area contributed by atoms with Gasteiger partial charge in [0.05, 0.1) is 44.1 Å². The first-order valence-corrected chi connectivity index (χ1v) is 11.4. The third-order valence-corrected chi connectivity index (χ3v) is 6.45. The van der Waals surface area contributed by atoms with E-state index in [2.05, 4.69) is 4.90 Å². The van der Waals surface area contributed by atoms with Gasteiger partial charge in [0.1, 0.15) is 17.3 Å². The van der Waals surface area contributed by atoms with Crippen molar-refractivity contribution in [1.29, 1.82) is 0 Å². The fourth-order valence-corrected chi connectivity index (χ4v) is 4.63. The van der Waals surface area contributed by atoms with E-state index >= 15 is 0 Å². The number of rotatable bonds is 7. The fraction of sp³-hybridized carbons (Fsp3) is 0.360. The van der Waals surface area contributed by atoms with E-state index in [9.17, 15) is 14.7 Å². The van der Waals surface area contributed by atoms with Crippen LogP contribution in [0.5, 0.6) is 11.5 Å². The van der Waals surface area contributed by atoms with Crippen LogP contribution in [0.4, 0.5) is 0 Å². The van der Waals surface area contributed by atoms with E-state index in [1.807, 2.05) is 12.1 Å². The van der Waals surface area contributed by atoms with Gasteiger partial charge in [-0.25, -0.2) is 0 Å². The second-order valence-corrected chi connectivity index (χ2v) is 8.44. The molecule has 1 unspecified atom stereocenters. The number of Topliss-reactive ketones (excluding diaryl/α,β-unsaturated/α-hetero) is 1. The summed E-state index contributed by atoms with van der Waals surface area (Å²) in [7, 11) is 3.02. The Bertz CT molecular complexity index is 1110. The van der Waals surface area contributed by atoms with Gasteiger partial charge in [-0.05, 0) is 24.3 Å². The minimum Gasteiger partial charge on any atom is -0.507 e. The van der Waals surface area contributed by atoms with Gasteiger partial charge in [0, 0.05) is 37.3 Å². The Morgan fingerprint density at radius 2 is 1.76 bits per heavy atom. The number of morpholine rings is 1. The van der Waals surface area contributed by atoms with E-state index < -0.39 is 17.7 Å². The lowest BCUT2D eigenvalue weighted by Crippen LogP contribution is -2.42. The number of aliphatic hydroxyl groups is 1. The summed E-state index contributed by atoms with van der Waals surface area (Å²) >= 11 is 6.25. The number of carbonyl (C=O) groups is 2. The van der Waals surface area contributed by atoms with Crippen LogP contribution in [0.2, 0.25) is 5.02 Å². The molecule has 2 aromatic rings. The summed E-state index contributed by atoms with van der Waals surface area (Å²) in [4.78, 5) is 30.1. The molecule has 0 spiro atoms. The normalized spacial score (nSPS) is 20.6. The summed E-state index contributed by atoms with van der Waals surface area (Å²) in [6.45, 7) is 3.67. The van der Waals surface area contributed by atoms with E-state index in [1.54, 1.807) is 24.3 Å². The molecule has 2 aliphatic rings. The van der Waals surface area contributed by atoms with Gasteiger partial charge in [0.15, 0.2) is 0 Å². The molecule has 0 aliphatic carbocycles. The number of para-hydroxylation sites is 1. The summed E-state index contributed by atoms with van der Waals surface area (Å²) in [6.07, 6.45) is 0. The van der Waals surface area contributed by atoms with E-state index in [0.29, 0.717) is 48.9 Å². The molecule has 9 heteroatoms. The van der Waals surface area contributed by atoms with Gasteiger partial charge in [0.2, 0.25) is 0 Å². The number of ether oxygens (including phenoxy) is 3. The molecule has 4 rings (SSSR count). The van der Waals surface area contributed by atoms with Crippen molar-refractivity contribution < 1.29 is 28.9 Å². The fourth-order valence-electron chi connectivity index (χ4n) is 4.37. The summed E-state index contributed by atoms with van der Waals surface area (Å²) in [6, 6.07) is 11.1. The molecule has 2 aromatic carbocycles. The van der Waals surface area contributed by atoms with Crippen LogP contribution < -0.4 is 9.47 Å². The molecule has 1 N–H and O–H groups in total. The molecule has 0 radical (unpaired) electrons. The van der Waals surface area contributed by atoms with Crippen molar-refractivity contribution in [1.82, 2.24) is 9.80 Å². The van der Waals surface area contributed by atoms with Crippen molar-refractivity contribution >= 4 is 29.1 Å². The summed E-state index contributed by atoms with van der Waals surface area (Å²) in [5, 5.41) is 11.5. The van der Waals surface area contributed by atoms with E-state index in [1.165, 1.54) is 25.2 Å². The number of benzene rings is 2. The highest BCUT2D eigenvalue weighted by molar-refractivity contribution is 6.46. The first-order chi connectivity index (χ1) is 16.5. The van der Waals surface area contributed by atoms with Crippen LogP contribution in [0.1, 0.15) is 17.2 Å². The molecule has 2 heterocycles. The second-order valence-electron chi connectivity index (χ2n) is 8.04. The molecule has 34 heavy (non-hydrogen) atoms. The molecule has 180 valence electrons. The Morgan fingerprint density at radius 1 is 1.06 bits per heavy atom. The van der Waals surface area contributed by atoms with Crippen LogP contribution in [-0.4, -0.2) is 80.2 Å². The number of ketones is 1. The molecular formula is C25H27ClN2O6. The second kappa shape index (κ2) is 10.5. The van der Waals surface area contributed by atoms with Gasteiger partial charge in [-0.3, -0.25) is 14.5 Å². The van der Waals surface area contributed by atoms with E-state index in [0.717, 1.165) is 13.1 Å². The van der Waals surface area contributed by atoms with Crippen LogP contribution in [-0.2, 0) is 14.3 Å². The van der Waals surface area contributed by atoms with Gasteiger partial charge in [-0.2, -0.15) is 0 Å². The molecule has 1 amide bonds. The maximum absolute atomic E-state index is 13.2. The number of hydrogen-bond acceptors (Lipinski definition) is 7. The molecule has 2 fully saturated rings. The van der Waals surface area contributed by atoms with Crippen LogP contribution >= 0.6 is 11.6 Å². The lowest BCUT2D eigenvalue weighted by Gasteiger charge is -2.31. The van der Waals surface area contributed by atoms with Gasteiger partial charge in [0.25, 0.3) is 11.7 Å². The summed E-state index contributed by atoms with van der Waals surface area (Å²) < 4.78 is 16.1. The zero-order valence-electron chi connectivity index (χ0n) is 19.1. The number of hydrogen-bond donors (Lipinski definition) is 1. The number of carbonyl (C=O) groups excluding carboxylic acids is 2. The maximum Gasteiger partial charge on any atom is 0.295 e. The van der Waals surface area contributed by atoms with E-state index in [-0.39, 0.29) is 16.4 Å². The van der Waals surface area contributed by atoms with Crippen LogP contribution in [0.15, 0.2) is 48.0 Å². The molecule has 0 saturated carbocycles. The lowest BCUT2D eigenvalue weighted by atomic mass is 9.94. The number of methoxy groups -OCH3 is 2. The summed E-state index contributed by atoms with van der Waals surface area (Å²) in [5.74, 6) is -0.754. The number of aliphatic hydroxyl groups excluding tert-OH is 1. The average Bonchev–Trinajstić information content (AvgIpc) is 3.12. The molecule has 0 bridgehead atoms. The molecular weight excluding hydrogens is 460 g/mol. The van der Waals surface area contributed by atoms with Crippen LogP contribution in [0.25, 0.3) is 5.76 Å².